The Kier molecular flexibility index (Phi) is 3.65. The van der Waals surface area contributed by atoms with E-state index < -0.39 is 0 Å². The molecule has 0 saturated carbocycles. The van der Waals surface area contributed by atoms with Gasteiger partial charge in [0.05, 0.1) is 19.2 Å². The summed E-state index contributed by atoms with van der Waals surface area (Å²) in [5.41, 5.74) is 1.73. The molecule has 1 saturated heterocycles. The molecule has 2 aromatic carbocycles. The highest BCUT2D eigenvalue weighted by molar-refractivity contribution is 6.29. The second-order valence-electron chi connectivity index (χ2n) is 5.69. The molecular formula is C19H15NO5. The molecule has 6 nitrogen and oxygen atoms in total. The zero-order valence-corrected chi connectivity index (χ0v) is 13.5. The van der Waals surface area contributed by atoms with Gasteiger partial charge in [-0.15, -0.1) is 0 Å². The summed E-state index contributed by atoms with van der Waals surface area (Å²) in [4.78, 5) is 26.3. The minimum absolute atomic E-state index is 0.0600. The zero-order chi connectivity index (χ0) is 17.4. The van der Waals surface area contributed by atoms with E-state index in [1.165, 1.54) is 4.90 Å². The molecule has 0 spiro atoms. The number of benzene rings is 2. The highest BCUT2D eigenvalue weighted by Crippen LogP contribution is 2.37. The number of hydrogen-bond acceptors (Lipinski definition) is 5. The molecule has 0 aromatic heterocycles. The van der Waals surface area contributed by atoms with Crippen LogP contribution in [0.5, 0.6) is 17.2 Å². The van der Waals surface area contributed by atoms with Gasteiger partial charge in [-0.2, -0.15) is 0 Å². The molecular weight excluding hydrogens is 322 g/mol. The van der Waals surface area contributed by atoms with Gasteiger partial charge >= 0.3 is 0 Å². The number of carbonyl (C=O) groups excluding carboxylic acids is 2. The van der Waals surface area contributed by atoms with Crippen molar-refractivity contribution in [2.24, 2.45) is 0 Å². The number of fused-ring (bicyclic) bond motifs is 1. The minimum Gasteiger partial charge on any atom is -0.497 e. The van der Waals surface area contributed by atoms with Crippen molar-refractivity contribution in [2.45, 2.75) is 6.42 Å². The van der Waals surface area contributed by atoms with Crippen molar-refractivity contribution in [1.29, 1.82) is 0 Å². The monoisotopic (exact) mass is 337 g/mol. The number of amides is 2. The van der Waals surface area contributed by atoms with Gasteiger partial charge in [0, 0.05) is 11.6 Å². The largest absolute Gasteiger partial charge is 0.497 e. The van der Waals surface area contributed by atoms with E-state index in [1.807, 2.05) is 24.3 Å². The highest BCUT2D eigenvalue weighted by atomic mass is 16.7. The maximum Gasteiger partial charge on any atom is 0.261 e. The molecule has 0 bridgehead atoms. The van der Waals surface area contributed by atoms with Crippen molar-refractivity contribution >= 4 is 23.6 Å². The Hall–Kier alpha value is -3.28. The molecule has 126 valence electrons. The lowest BCUT2D eigenvalue weighted by Gasteiger charge is -2.13. The fourth-order valence-corrected chi connectivity index (χ4v) is 2.91. The maximum atomic E-state index is 12.7. The molecule has 2 aliphatic rings. The lowest BCUT2D eigenvalue weighted by atomic mass is 10.1. The Bertz CT molecular complexity index is 902. The van der Waals surface area contributed by atoms with Crippen LogP contribution in [0.3, 0.4) is 0 Å². The van der Waals surface area contributed by atoms with E-state index in [1.54, 1.807) is 31.4 Å². The van der Waals surface area contributed by atoms with Gasteiger partial charge in [0.1, 0.15) is 5.75 Å². The lowest BCUT2D eigenvalue weighted by Crippen LogP contribution is -2.28. The number of rotatable bonds is 3. The first-order valence-electron chi connectivity index (χ1n) is 7.77. The number of imide groups is 1. The third kappa shape index (κ3) is 2.71. The molecule has 2 aromatic rings. The van der Waals surface area contributed by atoms with Crippen LogP contribution >= 0.6 is 0 Å². The van der Waals surface area contributed by atoms with Crippen LogP contribution in [0.25, 0.3) is 6.08 Å². The molecule has 0 aliphatic carbocycles. The normalized spacial score (nSPS) is 17.5. The molecule has 0 atom stereocenters. The quantitative estimate of drug-likeness (QED) is 0.636. The van der Waals surface area contributed by atoms with Gasteiger partial charge in [-0.25, -0.2) is 4.90 Å². The standard InChI is InChI=1S/C19H15NO5/c1-23-15-4-2-3-12(8-15)7-13-9-18(21)20(19(13)22)14-5-6-16-17(10-14)25-11-24-16/h2-8,10H,9,11H2,1H3/b13-7+. The van der Waals surface area contributed by atoms with Crippen LogP contribution in [-0.4, -0.2) is 25.7 Å². The third-order valence-electron chi connectivity index (χ3n) is 4.12. The van der Waals surface area contributed by atoms with Gasteiger partial charge in [0.25, 0.3) is 5.91 Å². The fraction of sp³-hybridized carbons (Fsp3) is 0.158. The summed E-state index contributed by atoms with van der Waals surface area (Å²) in [6.07, 6.45) is 1.78. The van der Waals surface area contributed by atoms with Crippen LogP contribution in [0.1, 0.15) is 12.0 Å². The summed E-state index contributed by atoms with van der Waals surface area (Å²) >= 11 is 0. The molecule has 1 fully saturated rings. The van der Waals surface area contributed by atoms with Crippen molar-refractivity contribution in [3.8, 4) is 17.2 Å². The summed E-state index contributed by atoms with van der Waals surface area (Å²) in [5, 5.41) is 0. The maximum absolute atomic E-state index is 12.7. The highest BCUT2D eigenvalue weighted by Gasteiger charge is 2.35. The van der Waals surface area contributed by atoms with Crippen LogP contribution in [0, 0.1) is 0 Å². The fourth-order valence-electron chi connectivity index (χ4n) is 2.91. The van der Waals surface area contributed by atoms with E-state index in [0.29, 0.717) is 28.5 Å². The zero-order valence-electron chi connectivity index (χ0n) is 13.5. The Labute approximate surface area is 144 Å². The number of methoxy groups -OCH3 is 1. The Balaban J connectivity index is 1.65. The van der Waals surface area contributed by atoms with E-state index in [4.69, 9.17) is 14.2 Å². The molecule has 6 heteroatoms. The Morgan fingerprint density at radius 2 is 1.92 bits per heavy atom. The molecule has 0 unspecified atom stereocenters. The number of hydrogen-bond donors (Lipinski definition) is 0. The van der Waals surface area contributed by atoms with E-state index in [2.05, 4.69) is 0 Å². The third-order valence-corrected chi connectivity index (χ3v) is 4.12. The first-order chi connectivity index (χ1) is 12.2. The van der Waals surface area contributed by atoms with E-state index >= 15 is 0 Å². The number of carbonyl (C=O) groups is 2. The van der Waals surface area contributed by atoms with Crippen LogP contribution in [0.2, 0.25) is 0 Å². The topological polar surface area (TPSA) is 65.1 Å². The molecule has 25 heavy (non-hydrogen) atoms. The Morgan fingerprint density at radius 1 is 1.08 bits per heavy atom. The van der Waals surface area contributed by atoms with Crippen molar-refractivity contribution in [1.82, 2.24) is 0 Å². The van der Waals surface area contributed by atoms with Gasteiger partial charge in [0.2, 0.25) is 12.7 Å². The van der Waals surface area contributed by atoms with Gasteiger partial charge in [-0.3, -0.25) is 9.59 Å². The molecule has 4 rings (SSSR count). The summed E-state index contributed by atoms with van der Waals surface area (Å²) in [6, 6.07) is 12.3. The van der Waals surface area contributed by atoms with Crippen LogP contribution in [0.15, 0.2) is 48.0 Å². The van der Waals surface area contributed by atoms with Gasteiger partial charge < -0.3 is 14.2 Å². The molecule has 2 aliphatic heterocycles. The average Bonchev–Trinajstić information content (AvgIpc) is 3.19. The van der Waals surface area contributed by atoms with Crippen molar-refractivity contribution < 1.29 is 23.8 Å². The predicted molar refractivity (Wildman–Crippen MR) is 90.6 cm³/mol. The van der Waals surface area contributed by atoms with Crippen molar-refractivity contribution in [3.05, 3.63) is 53.6 Å². The second kappa shape index (κ2) is 5.98. The SMILES string of the molecule is COc1cccc(/C=C2\CC(=O)N(c3ccc4c(c3)OCO4)C2=O)c1. The second-order valence-corrected chi connectivity index (χ2v) is 5.69. The molecule has 2 heterocycles. The van der Waals surface area contributed by atoms with Crippen LogP contribution < -0.4 is 19.1 Å². The summed E-state index contributed by atoms with van der Waals surface area (Å²) in [7, 11) is 1.58. The molecule has 2 amide bonds. The van der Waals surface area contributed by atoms with Gasteiger partial charge in [-0.05, 0) is 35.9 Å². The lowest BCUT2D eigenvalue weighted by molar-refractivity contribution is -0.120. The number of anilines is 1. The smallest absolute Gasteiger partial charge is 0.261 e. The van der Waals surface area contributed by atoms with Crippen molar-refractivity contribution in [3.63, 3.8) is 0 Å². The molecule has 0 radical (unpaired) electrons. The van der Waals surface area contributed by atoms with Crippen LogP contribution in [0.4, 0.5) is 5.69 Å². The van der Waals surface area contributed by atoms with Crippen LogP contribution in [-0.2, 0) is 9.59 Å². The first-order valence-corrected chi connectivity index (χ1v) is 7.77. The van der Waals surface area contributed by atoms with Crippen molar-refractivity contribution in [2.75, 3.05) is 18.8 Å². The summed E-state index contributed by atoms with van der Waals surface area (Å²) < 4.78 is 15.8. The average molecular weight is 337 g/mol. The van der Waals surface area contributed by atoms with E-state index in [0.717, 1.165) is 5.56 Å². The Morgan fingerprint density at radius 3 is 2.76 bits per heavy atom. The predicted octanol–water partition coefficient (Wildman–Crippen LogP) is 2.77. The number of ether oxygens (including phenoxy) is 3. The van der Waals surface area contributed by atoms with Gasteiger partial charge in [0.15, 0.2) is 11.5 Å². The molecule has 0 N–H and O–H groups in total. The van der Waals surface area contributed by atoms with Gasteiger partial charge in [-0.1, -0.05) is 12.1 Å². The van der Waals surface area contributed by atoms with E-state index in [-0.39, 0.29) is 25.0 Å². The first kappa shape index (κ1) is 15.3. The summed E-state index contributed by atoms with van der Waals surface area (Å²) in [5.74, 6) is 1.24. The summed E-state index contributed by atoms with van der Waals surface area (Å²) in [6.45, 7) is 0.141. The number of nitrogens with zero attached hydrogens (tertiary/aromatic N) is 1. The minimum atomic E-state index is -0.327. The van der Waals surface area contributed by atoms with E-state index in [9.17, 15) is 9.59 Å².